The molecule has 0 saturated heterocycles. The summed E-state index contributed by atoms with van der Waals surface area (Å²) in [6.45, 7) is 0. The Morgan fingerprint density at radius 2 is 2.07 bits per heavy atom. The Morgan fingerprint density at radius 1 is 1.36 bits per heavy atom. The minimum Gasteiger partial charge on any atom is -0.476 e. The van der Waals surface area contributed by atoms with Gasteiger partial charge in [-0.3, -0.25) is 0 Å². The van der Waals surface area contributed by atoms with E-state index in [-0.39, 0.29) is 5.75 Å². The van der Waals surface area contributed by atoms with Gasteiger partial charge in [0.25, 0.3) is 0 Å². The van der Waals surface area contributed by atoms with Gasteiger partial charge in [-0.15, -0.1) is 0 Å². The number of aliphatic carboxylic acids is 1. The minimum atomic E-state index is -1.61. The average Bonchev–Trinajstić information content (AvgIpc) is 2.56. The van der Waals surface area contributed by atoms with Crippen LogP contribution in [0.15, 0.2) is 12.1 Å². The first-order valence-electron chi connectivity index (χ1n) is 3.63. The van der Waals surface area contributed by atoms with E-state index in [1.54, 1.807) is 0 Å². The zero-order valence-electron chi connectivity index (χ0n) is 6.66. The van der Waals surface area contributed by atoms with E-state index in [4.69, 9.17) is 5.11 Å². The van der Waals surface area contributed by atoms with Crippen LogP contribution in [0.3, 0.4) is 0 Å². The summed E-state index contributed by atoms with van der Waals surface area (Å²) in [5, 5.41) is 8.48. The van der Waals surface area contributed by atoms with Gasteiger partial charge in [0.15, 0.2) is 11.6 Å². The van der Waals surface area contributed by atoms with Crippen molar-refractivity contribution in [2.45, 2.75) is 6.29 Å². The van der Waals surface area contributed by atoms with E-state index in [1.807, 2.05) is 0 Å². The van der Waals surface area contributed by atoms with Crippen LogP contribution in [0.2, 0.25) is 0 Å². The second-order valence-electron chi connectivity index (χ2n) is 2.59. The Hall–Kier alpha value is -1.85. The Bertz CT molecular complexity index is 405. The first-order chi connectivity index (χ1) is 6.59. The number of carbonyl (C=O) groups is 1. The molecule has 1 aliphatic heterocycles. The summed E-state index contributed by atoms with van der Waals surface area (Å²) in [6.07, 6.45) is -1.61. The van der Waals surface area contributed by atoms with Crippen molar-refractivity contribution in [1.29, 1.82) is 0 Å². The third-order valence-electron chi connectivity index (χ3n) is 1.67. The van der Waals surface area contributed by atoms with E-state index >= 15 is 0 Å². The van der Waals surface area contributed by atoms with Crippen LogP contribution in [0.1, 0.15) is 0 Å². The number of hydrogen-bond donors (Lipinski definition) is 1. The molecule has 74 valence electrons. The second kappa shape index (κ2) is 2.83. The fraction of sp³-hybridized carbons (Fsp3) is 0.125. The maximum absolute atomic E-state index is 13.0. The quantitative estimate of drug-likeness (QED) is 0.742. The molecule has 6 heteroatoms. The van der Waals surface area contributed by atoms with E-state index in [1.165, 1.54) is 0 Å². The molecule has 1 aliphatic rings. The van der Waals surface area contributed by atoms with Crippen molar-refractivity contribution in [2.75, 3.05) is 0 Å². The summed E-state index contributed by atoms with van der Waals surface area (Å²) in [4.78, 5) is 10.4. The number of benzene rings is 1. The fourth-order valence-corrected chi connectivity index (χ4v) is 1.06. The molecule has 0 amide bonds. The van der Waals surface area contributed by atoms with E-state index in [0.29, 0.717) is 0 Å². The van der Waals surface area contributed by atoms with Crippen molar-refractivity contribution in [2.24, 2.45) is 0 Å². The highest BCUT2D eigenvalue weighted by Gasteiger charge is 2.33. The fourth-order valence-electron chi connectivity index (χ4n) is 1.06. The van der Waals surface area contributed by atoms with Crippen molar-refractivity contribution < 1.29 is 28.2 Å². The van der Waals surface area contributed by atoms with Gasteiger partial charge < -0.3 is 14.6 Å². The smallest absolute Gasteiger partial charge is 0.387 e. The summed E-state index contributed by atoms with van der Waals surface area (Å²) >= 11 is 0. The average molecular weight is 202 g/mol. The summed E-state index contributed by atoms with van der Waals surface area (Å²) in [5.74, 6) is -4.38. The molecule has 0 aromatic heterocycles. The lowest BCUT2D eigenvalue weighted by atomic mass is 10.3. The SMILES string of the molecule is O=C(O)C1Oc2ccc(F)c(F)c2O1. The zero-order valence-corrected chi connectivity index (χ0v) is 6.66. The Labute approximate surface area is 76.7 Å². The van der Waals surface area contributed by atoms with E-state index in [0.717, 1.165) is 12.1 Å². The van der Waals surface area contributed by atoms with E-state index in [2.05, 4.69) is 9.47 Å². The first-order valence-corrected chi connectivity index (χ1v) is 3.63. The first kappa shape index (κ1) is 8.74. The minimum absolute atomic E-state index is 0.115. The van der Waals surface area contributed by atoms with Crippen molar-refractivity contribution in [3.63, 3.8) is 0 Å². The van der Waals surface area contributed by atoms with Crippen molar-refractivity contribution in [3.05, 3.63) is 23.8 Å². The number of carboxylic acids is 1. The number of fused-ring (bicyclic) bond motifs is 1. The van der Waals surface area contributed by atoms with Crippen molar-refractivity contribution in [1.82, 2.24) is 0 Å². The summed E-state index contributed by atoms with van der Waals surface area (Å²) < 4.78 is 34.8. The maximum atomic E-state index is 13.0. The molecular weight excluding hydrogens is 198 g/mol. The van der Waals surface area contributed by atoms with Gasteiger partial charge in [-0.1, -0.05) is 0 Å². The molecule has 2 rings (SSSR count). The molecule has 0 fully saturated rings. The second-order valence-corrected chi connectivity index (χ2v) is 2.59. The van der Waals surface area contributed by atoms with Crippen LogP contribution in [0.5, 0.6) is 11.5 Å². The highest BCUT2D eigenvalue weighted by atomic mass is 19.2. The Balaban J connectivity index is 2.40. The monoisotopic (exact) mass is 202 g/mol. The third kappa shape index (κ3) is 1.15. The van der Waals surface area contributed by atoms with Crippen LogP contribution in [0, 0.1) is 11.6 Å². The molecule has 14 heavy (non-hydrogen) atoms. The van der Waals surface area contributed by atoms with Gasteiger partial charge in [0.1, 0.15) is 0 Å². The largest absolute Gasteiger partial charge is 0.476 e. The molecule has 0 bridgehead atoms. The Kier molecular flexibility index (Phi) is 1.77. The molecule has 1 aromatic rings. The number of carboxylic acid groups (broad SMARTS) is 1. The lowest BCUT2D eigenvalue weighted by Crippen LogP contribution is -2.28. The molecule has 0 aliphatic carbocycles. The maximum Gasteiger partial charge on any atom is 0.387 e. The lowest BCUT2D eigenvalue weighted by molar-refractivity contribution is -0.154. The van der Waals surface area contributed by atoms with Gasteiger partial charge in [-0.25, -0.2) is 9.18 Å². The molecule has 4 nitrogen and oxygen atoms in total. The van der Waals surface area contributed by atoms with Gasteiger partial charge in [0.2, 0.25) is 11.6 Å². The number of halogens is 2. The topological polar surface area (TPSA) is 55.8 Å². The molecule has 0 saturated carbocycles. The molecule has 1 N–H and O–H groups in total. The highest BCUT2D eigenvalue weighted by Crippen LogP contribution is 2.37. The molecule has 1 atom stereocenters. The molecule has 0 radical (unpaired) electrons. The van der Waals surface area contributed by atoms with Gasteiger partial charge in [-0.05, 0) is 12.1 Å². The number of rotatable bonds is 1. The molecule has 1 heterocycles. The van der Waals surface area contributed by atoms with Crippen LogP contribution >= 0.6 is 0 Å². The van der Waals surface area contributed by atoms with Crippen LogP contribution in [0.25, 0.3) is 0 Å². The molecule has 1 aromatic carbocycles. The third-order valence-corrected chi connectivity index (χ3v) is 1.67. The molecule has 1 unspecified atom stereocenters. The van der Waals surface area contributed by atoms with Crippen LogP contribution in [0.4, 0.5) is 8.78 Å². The van der Waals surface area contributed by atoms with Gasteiger partial charge in [-0.2, -0.15) is 4.39 Å². The van der Waals surface area contributed by atoms with Crippen molar-refractivity contribution in [3.8, 4) is 11.5 Å². The summed E-state index contributed by atoms with van der Waals surface area (Å²) in [6, 6.07) is 1.94. The molecular formula is C8H4F2O4. The number of ether oxygens (including phenoxy) is 2. The zero-order chi connectivity index (χ0) is 10.3. The predicted octanol–water partition coefficient (Wildman–Crippen LogP) is 1.15. The highest BCUT2D eigenvalue weighted by molar-refractivity contribution is 5.73. The standard InChI is InChI=1S/C8H4F2O4/c9-3-1-2-4-6(5(3)10)14-8(13-4)7(11)12/h1-2,8H,(H,11,12). The van der Waals surface area contributed by atoms with Crippen LogP contribution in [-0.2, 0) is 4.79 Å². The van der Waals surface area contributed by atoms with Crippen LogP contribution in [-0.4, -0.2) is 17.4 Å². The lowest BCUT2D eigenvalue weighted by Gasteiger charge is -2.02. The Morgan fingerprint density at radius 3 is 2.71 bits per heavy atom. The van der Waals surface area contributed by atoms with Gasteiger partial charge >= 0.3 is 12.3 Å². The normalized spacial score (nSPS) is 18.3. The predicted molar refractivity (Wildman–Crippen MR) is 39.0 cm³/mol. The van der Waals surface area contributed by atoms with E-state index in [9.17, 15) is 13.6 Å². The van der Waals surface area contributed by atoms with Crippen LogP contribution < -0.4 is 9.47 Å². The van der Waals surface area contributed by atoms with Gasteiger partial charge in [0.05, 0.1) is 0 Å². The molecule has 0 spiro atoms. The number of hydrogen-bond acceptors (Lipinski definition) is 3. The van der Waals surface area contributed by atoms with Gasteiger partial charge in [0, 0.05) is 0 Å². The van der Waals surface area contributed by atoms with E-state index < -0.39 is 29.6 Å². The van der Waals surface area contributed by atoms with Crippen molar-refractivity contribution >= 4 is 5.97 Å². The summed E-state index contributed by atoms with van der Waals surface area (Å²) in [7, 11) is 0. The summed E-state index contributed by atoms with van der Waals surface area (Å²) in [5.41, 5.74) is 0.